The fourth-order valence-electron chi connectivity index (χ4n) is 1.81. The van der Waals surface area contributed by atoms with Crippen molar-refractivity contribution in [2.45, 2.75) is 20.8 Å². The first-order valence-corrected chi connectivity index (χ1v) is 6.59. The molecule has 0 aliphatic carbocycles. The predicted molar refractivity (Wildman–Crippen MR) is 77.3 cm³/mol. The Morgan fingerprint density at radius 3 is 2.65 bits per heavy atom. The van der Waals surface area contributed by atoms with Crippen LogP contribution in [0.4, 0.5) is 0 Å². The summed E-state index contributed by atoms with van der Waals surface area (Å²) in [6, 6.07) is 1.65. The van der Waals surface area contributed by atoms with Crippen LogP contribution in [0.15, 0.2) is 24.5 Å². The number of nitrogens with zero attached hydrogens (tertiary/aromatic N) is 2. The van der Waals surface area contributed by atoms with E-state index in [0.717, 1.165) is 6.08 Å². The van der Waals surface area contributed by atoms with E-state index in [1.807, 2.05) is 6.92 Å². The Kier molecular flexibility index (Phi) is 5.90. The highest BCUT2D eigenvalue weighted by Gasteiger charge is 2.15. The van der Waals surface area contributed by atoms with Crippen LogP contribution in [-0.2, 0) is 4.79 Å². The van der Waals surface area contributed by atoms with Crippen LogP contribution in [0.25, 0.3) is 6.08 Å². The van der Waals surface area contributed by atoms with Gasteiger partial charge in [0.15, 0.2) is 0 Å². The molecule has 0 unspecified atom stereocenters. The van der Waals surface area contributed by atoms with Gasteiger partial charge >= 0.3 is 5.97 Å². The lowest BCUT2D eigenvalue weighted by atomic mass is 10.1. The molecule has 0 fully saturated rings. The SMILES string of the molecule is CCN(CC(C)C)C(=O)c1cncc(C=CC(=O)O)c1. The maximum atomic E-state index is 12.3. The summed E-state index contributed by atoms with van der Waals surface area (Å²) < 4.78 is 0. The van der Waals surface area contributed by atoms with Crippen molar-refractivity contribution in [1.29, 1.82) is 0 Å². The molecule has 0 aliphatic rings. The van der Waals surface area contributed by atoms with Gasteiger partial charge in [0, 0.05) is 31.6 Å². The highest BCUT2D eigenvalue weighted by atomic mass is 16.4. The summed E-state index contributed by atoms with van der Waals surface area (Å²) in [5.74, 6) is -0.724. The molecule has 0 aromatic carbocycles. The Hall–Kier alpha value is -2.17. The lowest BCUT2D eigenvalue weighted by Gasteiger charge is -2.22. The number of amides is 1. The van der Waals surface area contributed by atoms with Crippen LogP contribution in [-0.4, -0.2) is 40.0 Å². The van der Waals surface area contributed by atoms with Crippen LogP contribution in [0.2, 0.25) is 0 Å². The van der Waals surface area contributed by atoms with E-state index in [1.54, 1.807) is 11.0 Å². The Bertz CT molecular complexity index is 510. The van der Waals surface area contributed by atoms with Crippen LogP contribution < -0.4 is 0 Å². The van der Waals surface area contributed by atoms with Crippen LogP contribution in [0.3, 0.4) is 0 Å². The molecule has 1 N–H and O–H groups in total. The van der Waals surface area contributed by atoms with Gasteiger partial charge in [-0.3, -0.25) is 9.78 Å². The third-order valence-electron chi connectivity index (χ3n) is 2.68. The molecular formula is C15H20N2O3. The van der Waals surface area contributed by atoms with Crippen molar-refractivity contribution in [3.8, 4) is 0 Å². The number of carboxylic acids is 1. The average Bonchev–Trinajstić information content (AvgIpc) is 2.42. The summed E-state index contributed by atoms with van der Waals surface area (Å²) >= 11 is 0. The lowest BCUT2D eigenvalue weighted by molar-refractivity contribution is -0.131. The van der Waals surface area contributed by atoms with E-state index in [-0.39, 0.29) is 5.91 Å². The van der Waals surface area contributed by atoms with Gasteiger partial charge in [0.25, 0.3) is 5.91 Å². The number of hydrogen-bond acceptors (Lipinski definition) is 3. The van der Waals surface area contributed by atoms with Gasteiger partial charge in [0.05, 0.1) is 5.56 Å². The van der Waals surface area contributed by atoms with E-state index in [1.165, 1.54) is 18.5 Å². The quantitative estimate of drug-likeness (QED) is 0.809. The van der Waals surface area contributed by atoms with E-state index in [9.17, 15) is 9.59 Å². The van der Waals surface area contributed by atoms with Crippen molar-refractivity contribution >= 4 is 18.0 Å². The fourth-order valence-corrected chi connectivity index (χ4v) is 1.81. The minimum absolute atomic E-state index is 0.0840. The highest BCUT2D eigenvalue weighted by Crippen LogP contribution is 2.10. The standard InChI is InChI=1S/C15H20N2O3/c1-4-17(10-11(2)3)15(20)13-7-12(8-16-9-13)5-6-14(18)19/h5-9,11H,4,10H2,1-3H3,(H,18,19). The molecule has 1 aromatic heterocycles. The molecule has 5 heteroatoms. The zero-order valence-electron chi connectivity index (χ0n) is 12.0. The van der Waals surface area contributed by atoms with Gasteiger partial charge < -0.3 is 10.0 Å². The second kappa shape index (κ2) is 7.43. The van der Waals surface area contributed by atoms with E-state index < -0.39 is 5.97 Å². The van der Waals surface area contributed by atoms with Crippen molar-refractivity contribution in [3.63, 3.8) is 0 Å². The summed E-state index contributed by atoms with van der Waals surface area (Å²) in [6.07, 6.45) is 5.47. The summed E-state index contributed by atoms with van der Waals surface area (Å²) in [5.41, 5.74) is 1.07. The Balaban J connectivity index is 2.92. The lowest BCUT2D eigenvalue weighted by Crippen LogP contribution is -2.34. The minimum Gasteiger partial charge on any atom is -0.478 e. The molecule has 0 atom stereocenters. The number of carbonyl (C=O) groups excluding carboxylic acids is 1. The van der Waals surface area contributed by atoms with E-state index in [2.05, 4.69) is 18.8 Å². The molecular weight excluding hydrogens is 256 g/mol. The molecule has 5 nitrogen and oxygen atoms in total. The molecule has 1 rings (SSSR count). The number of aromatic nitrogens is 1. The zero-order chi connectivity index (χ0) is 15.1. The first-order chi connectivity index (χ1) is 9.43. The Labute approximate surface area is 118 Å². The van der Waals surface area contributed by atoms with Gasteiger partial charge in [0.1, 0.15) is 0 Å². The van der Waals surface area contributed by atoms with Crippen molar-refractivity contribution in [2.24, 2.45) is 5.92 Å². The highest BCUT2D eigenvalue weighted by molar-refractivity contribution is 5.94. The molecule has 0 aliphatic heterocycles. The van der Waals surface area contributed by atoms with Crippen LogP contribution in [0, 0.1) is 5.92 Å². The summed E-state index contributed by atoms with van der Waals surface area (Å²) in [7, 11) is 0. The Morgan fingerprint density at radius 1 is 1.40 bits per heavy atom. The zero-order valence-corrected chi connectivity index (χ0v) is 12.0. The number of carbonyl (C=O) groups is 2. The molecule has 1 amide bonds. The number of rotatable bonds is 6. The minimum atomic E-state index is -1.03. The van der Waals surface area contributed by atoms with Crippen LogP contribution in [0.1, 0.15) is 36.7 Å². The summed E-state index contributed by atoms with van der Waals surface area (Å²) in [5, 5.41) is 8.60. The molecule has 0 saturated heterocycles. The number of carboxylic acid groups (broad SMARTS) is 1. The number of hydrogen-bond donors (Lipinski definition) is 1. The number of aliphatic carboxylic acids is 1. The smallest absolute Gasteiger partial charge is 0.328 e. The largest absolute Gasteiger partial charge is 0.478 e. The maximum Gasteiger partial charge on any atom is 0.328 e. The molecule has 108 valence electrons. The first-order valence-electron chi connectivity index (χ1n) is 6.59. The van der Waals surface area contributed by atoms with Gasteiger partial charge in [-0.2, -0.15) is 0 Å². The van der Waals surface area contributed by atoms with Crippen molar-refractivity contribution < 1.29 is 14.7 Å². The van der Waals surface area contributed by atoms with Crippen molar-refractivity contribution in [3.05, 3.63) is 35.7 Å². The third kappa shape index (κ3) is 4.84. The van der Waals surface area contributed by atoms with E-state index >= 15 is 0 Å². The van der Waals surface area contributed by atoms with Crippen molar-refractivity contribution in [2.75, 3.05) is 13.1 Å². The van der Waals surface area contributed by atoms with Gasteiger partial charge in [-0.25, -0.2) is 4.79 Å². The topological polar surface area (TPSA) is 70.5 Å². The second-order valence-corrected chi connectivity index (χ2v) is 4.92. The summed E-state index contributed by atoms with van der Waals surface area (Å²) in [6.45, 7) is 7.36. The molecule has 1 heterocycles. The summed E-state index contributed by atoms with van der Waals surface area (Å²) in [4.78, 5) is 28.6. The third-order valence-corrected chi connectivity index (χ3v) is 2.68. The first kappa shape index (κ1) is 15.9. The average molecular weight is 276 g/mol. The maximum absolute atomic E-state index is 12.3. The van der Waals surface area contributed by atoms with E-state index in [4.69, 9.17) is 5.11 Å². The van der Waals surface area contributed by atoms with Gasteiger partial charge in [-0.05, 0) is 30.5 Å². The monoisotopic (exact) mass is 276 g/mol. The number of pyridine rings is 1. The predicted octanol–water partition coefficient (Wildman–Crippen LogP) is 2.30. The molecule has 20 heavy (non-hydrogen) atoms. The molecule has 0 saturated carbocycles. The fraction of sp³-hybridized carbons (Fsp3) is 0.400. The normalized spacial score (nSPS) is 11.0. The molecule has 0 spiro atoms. The second-order valence-electron chi connectivity index (χ2n) is 4.92. The van der Waals surface area contributed by atoms with Gasteiger partial charge in [0.2, 0.25) is 0 Å². The molecule has 0 bridgehead atoms. The molecule has 0 radical (unpaired) electrons. The van der Waals surface area contributed by atoms with Gasteiger partial charge in [-0.1, -0.05) is 13.8 Å². The van der Waals surface area contributed by atoms with Crippen molar-refractivity contribution in [1.82, 2.24) is 9.88 Å². The van der Waals surface area contributed by atoms with Crippen LogP contribution in [0.5, 0.6) is 0 Å². The van der Waals surface area contributed by atoms with Gasteiger partial charge in [-0.15, -0.1) is 0 Å². The van der Waals surface area contributed by atoms with E-state index in [0.29, 0.717) is 30.1 Å². The van der Waals surface area contributed by atoms with Crippen LogP contribution >= 0.6 is 0 Å². The molecule has 1 aromatic rings. The Morgan fingerprint density at radius 2 is 2.10 bits per heavy atom.